The highest BCUT2D eigenvalue weighted by atomic mass is 79.9. The summed E-state index contributed by atoms with van der Waals surface area (Å²) < 4.78 is 3.58. The minimum Gasteiger partial charge on any atom is -0.396 e. The second kappa shape index (κ2) is 4.81. The van der Waals surface area contributed by atoms with Crippen LogP contribution in [-0.2, 0) is 0 Å². The average molecular weight is 401 g/mol. The van der Waals surface area contributed by atoms with Crippen molar-refractivity contribution in [3.8, 4) is 11.1 Å². The van der Waals surface area contributed by atoms with E-state index in [-0.39, 0.29) is 0 Å². The van der Waals surface area contributed by atoms with E-state index in [9.17, 15) is 0 Å². The highest BCUT2D eigenvalue weighted by molar-refractivity contribution is 9.11. The zero-order valence-corrected chi connectivity index (χ0v) is 13.5. The number of halogens is 3. The van der Waals surface area contributed by atoms with Crippen LogP contribution in [0.2, 0.25) is 5.02 Å². The molecule has 0 spiro atoms. The fourth-order valence-electron chi connectivity index (χ4n) is 1.99. The van der Waals surface area contributed by atoms with Crippen molar-refractivity contribution in [3.05, 3.63) is 50.8 Å². The summed E-state index contributed by atoms with van der Waals surface area (Å²) in [6.07, 6.45) is 1.72. The van der Waals surface area contributed by atoms with Crippen molar-refractivity contribution >= 4 is 54.8 Å². The van der Waals surface area contributed by atoms with Crippen molar-refractivity contribution in [2.75, 3.05) is 5.73 Å². The third-order valence-corrected chi connectivity index (χ3v) is 4.53. The van der Waals surface area contributed by atoms with Gasteiger partial charge in [0.15, 0.2) is 5.65 Å². The van der Waals surface area contributed by atoms with Gasteiger partial charge in [-0.1, -0.05) is 29.8 Å². The third-order valence-electron chi connectivity index (χ3n) is 2.86. The third kappa shape index (κ3) is 2.06. The maximum absolute atomic E-state index is 6.25. The molecule has 0 saturated carbocycles. The number of nitrogens with two attached hydrogens (primary N) is 1. The Balaban J connectivity index is 2.40. The molecule has 96 valence electrons. The van der Waals surface area contributed by atoms with Gasteiger partial charge in [-0.3, -0.25) is 4.40 Å². The molecule has 0 aliphatic heterocycles. The van der Waals surface area contributed by atoms with E-state index in [2.05, 4.69) is 36.8 Å². The summed E-state index contributed by atoms with van der Waals surface area (Å²) in [7, 11) is 0. The predicted molar refractivity (Wildman–Crippen MR) is 85.5 cm³/mol. The molecule has 2 N–H and O–H groups in total. The first-order valence-corrected chi connectivity index (χ1v) is 7.42. The Bertz CT molecular complexity index is 783. The highest BCUT2D eigenvalue weighted by Gasteiger charge is 2.15. The molecule has 0 unspecified atom stereocenters. The first-order chi connectivity index (χ1) is 9.09. The SMILES string of the molecule is Nc1cc(-c2ccccc2Cl)c(Br)n2c(Br)cnc12. The second-order valence-corrected chi connectivity index (χ2v) is 5.99. The lowest BCUT2D eigenvalue weighted by Gasteiger charge is -2.11. The van der Waals surface area contributed by atoms with Crippen LogP contribution in [0.4, 0.5) is 5.69 Å². The first kappa shape index (κ1) is 13.0. The first-order valence-electron chi connectivity index (χ1n) is 5.45. The largest absolute Gasteiger partial charge is 0.396 e. The Morgan fingerprint density at radius 2 is 1.89 bits per heavy atom. The van der Waals surface area contributed by atoms with Crippen molar-refractivity contribution in [1.29, 1.82) is 0 Å². The molecule has 0 aliphatic rings. The normalized spacial score (nSPS) is 11.1. The molecule has 2 aromatic heterocycles. The van der Waals surface area contributed by atoms with E-state index in [4.69, 9.17) is 17.3 Å². The number of nitrogen functional groups attached to an aromatic ring is 1. The lowest BCUT2D eigenvalue weighted by atomic mass is 10.1. The van der Waals surface area contributed by atoms with Crippen LogP contribution >= 0.6 is 43.5 Å². The smallest absolute Gasteiger partial charge is 0.161 e. The summed E-state index contributed by atoms with van der Waals surface area (Å²) in [5.74, 6) is 0. The zero-order chi connectivity index (χ0) is 13.6. The van der Waals surface area contributed by atoms with E-state index in [0.29, 0.717) is 16.4 Å². The van der Waals surface area contributed by atoms with Gasteiger partial charge in [0.25, 0.3) is 0 Å². The van der Waals surface area contributed by atoms with Crippen LogP contribution in [0.15, 0.2) is 45.7 Å². The minimum absolute atomic E-state index is 0.601. The van der Waals surface area contributed by atoms with Gasteiger partial charge in [0.1, 0.15) is 4.60 Å². The van der Waals surface area contributed by atoms with Crippen molar-refractivity contribution < 1.29 is 0 Å². The van der Waals surface area contributed by atoms with Gasteiger partial charge in [-0.05, 0) is 44.0 Å². The van der Waals surface area contributed by atoms with Gasteiger partial charge in [-0.2, -0.15) is 0 Å². The lowest BCUT2D eigenvalue weighted by molar-refractivity contribution is 1.12. The highest BCUT2D eigenvalue weighted by Crippen LogP contribution is 2.37. The number of hydrogen-bond acceptors (Lipinski definition) is 2. The van der Waals surface area contributed by atoms with Gasteiger partial charge in [0, 0.05) is 16.1 Å². The summed E-state index contributed by atoms with van der Waals surface area (Å²) in [6.45, 7) is 0. The molecule has 0 amide bonds. The van der Waals surface area contributed by atoms with Crippen LogP contribution in [0.1, 0.15) is 0 Å². The molecule has 0 fully saturated rings. The molecule has 0 atom stereocenters. The Morgan fingerprint density at radius 1 is 1.16 bits per heavy atom. The number of rotatable bonds is 1. The zero-order valence-electron chi connectivity index (χ0n) is 9.57. The number of benzene rings is 1. The van der Waals surface area contributed by atoms with E-state index in [1.54, 1.807) is 6.20 Å². The lowest BCUT2D eigenvalue weighted by Crippen LogP contribution is -1.98. The average Bonchev–Trinajstić information content (AvgIpc) is 2.78. The molecule has 0 bridgehead atoms. The molecule has 0 aliphatic carbocycles. The Labute approximate surface area is 131 Å². The molecule has 1 aromatic carbocycles. The fraction of sp³-hybridized carbons (Fsp3) is 0. The van der Waals surface area contributed by atoms with Crippen LogP contribution in [0.3, 0.4) is 0 Å². The quantitative estimate of drug-likeness (QED) is 0.598. The molecule has 2 heterocycles. The summed E-state index contributed by atoms with van der Waals surface area (Å²) in [4.78, 5) is 4.26. The van der Waals surface area contributed by atoms with Crippen LogP contribution in [0, 0.1) is 0 Å². The van der Waals surface area contributed by atoms with Crippen molar-refractivity contribution in [2.45, 2.75) is 0 Å². The van der Waals surface area contributed by atoms with Crippen molar-refractivity contribution in [1.82, 2.24) is 9.38 Å². The second-order valence-electron chi connectivity index (χ2n) is 4.02. The maximum Gasteiger partial charge on any atom is 0.161 e. The predicted octanol–water partition coefficient (Wildman–Crippen LogP) is 4.76. The van der Waals surface area contributed by atoms with Gasteiger partial charge < -0.3 is 5.73 Å². The number of nitrogens with zero attached hydrogens (tertiary/aromatic N) is 2. The molecule has 3 rings (SSSR count). The van der Waals surface area contributed by atoms with E-state index >= 15 is 0 Å². The maximum atomic E-state index is 6.25. The summed E-state index contributed by atoms with van der Waals surface area (Å²) in [5.41, 5.74) is 9.21. The molecule has 0 radical (unpaired) electrons. The topological polar surface area (TPSA) is 43.3 Å². The Kier molecular flexibility index (Phi) is 3.28. The Hall–Kier alpha value is -1.04. The number of hydrogen-bond donors (Lipinski definition) is 1. The van der Waals surface area contributed by atoms with Crippen molar-refractivity contribution in [3.63, 3.8) is 0 Å². The molecule has 3 aromatic rings. The van der Waals surface area contributed by atoms with Gasteiger partial charge in [0.05, 0.1) is 16.5 Å². The van der Waals surface area contributed by atoms with Gasteiger partial charge in [-0.15, -0.1) is 0 Å². The summed E-state index contributed by atoms with van der Waals surface area (Å²) in [6, 6.07) is 9.52. The molecular formula is C13H8Br2ClN3. The molecule has 6 heteroatoms. The van der Waals surface area contributed by atoms with Gasteiger partial charge in [-0.25, -0.2) is 4.98 Å². The summed E-state index contributed by atoms with van der Waals surface area (Å²) in [5, 5.41) is 0.679. The Morgan fingerprint density at radius 3 is 2.63 bits per heavy atom. The number of pyridine rings is 1. The van der Waals surface area contributed by atoms with E-state index in [1.807, 2.05) is 34.7 Å². The van der Waals surface area contributed by atoms with E-state index in [1.165, 1.54) is 0 Å². The van der Waals surface area contributed by atoms with Crippen LogP contribution in [-0.4, -0.2) is 9.38 Å². The molecule has 3 nitrogen and oxygen atoms in total. The standard InChI is InChI=1S/C13H8Br2ClN3/c14-11-6-18-13-10(17)5-8(12(15)19(11)13)7-3-1-2-4-9(7)16/h1-6H,17H2. The number of anilines is 1. The minimum atomic E-state index is 0.601. The number of aromatic nitrogens is 2. The van der Waals surface area contributed by atoms with E-state index < -0.39 is 0 Å². The summed E-state index contributed by atoms with van der Waals surface area (Å²) >= 11 is 13.3. The van der Waals surface area contributed by atoms with E-state index in [0.717, 1.165) is 20.3 Å². The number of fused-ring (bicyclic) bond motifs is 1. The molecular weight excluding hydrogens is 393 g/mol. The molecule has 0 saturated heterocycles. The monoisotopic (exact) mass is 399 g/mol. The fourth-order valence-corrected chi connectivity index (χ4v) is 3.60. The van der Waals surface area contributed by atoms with Crippen LogP contribution < -0.4 is 5.73 Å². The van der Waals surface area contributed by atoms with Gasteiger partial charge in [0.2, 0.25) is 0 Å². The van der Waals surface area contributed by atoms with Gasteiger partial charge >= 0.3 is 0 Å². The van der Waals surface area contributed by atoms with Crippen LogP contribution in [0.25, 0.3) is 16.8 Å². The molecule has 19 heavy (non-hydrogen) atoms. The number of imidazole rings is 1. The van der Waals surface area contributed by atoms with Crippen LogP contribution in [0.5, 0.6) is 0 Å². The van der Waals surface area contributed by atoms with Crippen molar-refractivity contribution in [2.24, 2.45) is 0 Å².